The summed E-state index contributed by atoms with van der Waals surface area (Å²) in [7, 11) is -0.127. The van der Waals surface area contributed by atoms with Gasteiger partial charge in [0.25, 0.3) is 5.91 Å². The Kier molecular flexibility index (Phi) is 6.09. The number of pyridine rings is 1. The number of anilines is 1. The number of fused-ring (bicyclic) bond motifs is 1. The topological polar surface area (TPSA) is 79.4 Å². The van der Waals surface area contributed by atoms with Crippen LogP contribution in [0.5, 0.6) is 0 Å². The van der Waals surface area contributed by atoms with Gasteiger partial charge in [-0.2, -0.15) is 0 Å². The van der Waals surface area contributed by atoms with Gasteiger partial charge in [0.15, 0.2) is 17.4 Å². The van der Waals surface area contributed by atoms with Crippen molar-refractivity contribution in [3.8, 4) is 0 Å². The molecule has 164 valence electrons. The second-order valence-electron chi connectivity index (χ2n) is 7.35. The standard InChI is InChI=1S/C23H19F2N3O3S/c1-28-20-7-5-16(23(30)27-13-15-3-2-8-26-12-15)11-17(20)22(29)21(32(28)31)10-14-4-6-18(24)19(25)9-14/h2-9,11-12,21H,10,13H2,1H3,(H,27,30). The van der Waals surface area contributed by atoms with Crippen molar-refractivity contribution < 1.29 is 22.6 Å². The molecule has 4 rings (SSSR count). The Morgan fingerprint density at radius 3 is 2.66 bits per heavy atom. The summed E-state index contributed by atoms with van der Waals surface area (Å²) in [5, 5.41) is 1.80. The Morgan fingerprint density at radius 2 is 1.94 bits per heavy atom. The third kappa shape index (κ3) is 4.29. The van der Waals surface area contributed by atoms with Crippen molar-refractivity contribution in [2.24, 2.45) is 0 Å². The summed E-state index contributed by atoms with van der Waals surface area (Å²) in [6, 6.07) is 11.5. The molecule has 0 fully saturated rings. The van der Waals surface area contributed by atoms with Gasteiger partial charge in [0, 0.05) is 37.1 Å². The van der Waals surface area contributed by atoms with E-state index >= 15 is 0 Å². The molecule has 0 aliphatic carbocycles. The summed E-state index contributed by atoms with van der Waals surface area (Å²) in [6.45, 7) is 0.278. The van der Waals surface area contributed by atoms with Crippen LogP contribution in [0.15, 0.2) is 60.9 Å². The van der Waals surface area contributed by atoms with Gasteiger partial charge in [-0.3, -0.25) is 18.9 Å². The zero-order valence-electron chi connectivity index (χ0n) is 17.0. The first-order chi connectivity index (χ1) is 15.3. The lowest BCUT2D eigenvalue weighted by molar-refractivity contribution is 0.0951. The van der Waals surface area contributed by atoms with Crippen LogP contribution in [0.4, 0.5) is 14.5 Å². The number of rotatable bonds is 5. The van der Waals surface area contributed by atoms with E-state index in [4.69, 9.17) is 0 Å². The molecule has 0 saturated carbocycles. The van der Waals surface area contributed by atoms with Crippen LogP contribution in [0, 0.1) is 11.6 Å². The average molecular weight is 455 g/mol. The molecule has 1 aliphatic rings. The molecule has 1 aliphatic heterocycles. The van der Waals surface area contributed by atoms with Gasteiger partial charge in [-0.15, -0.1) is 0 Å². The Bertz CT molecular complexity index is 1220. The number of benzene rings is 2. The van der Waals surface area contributed by atoms with Crippen molar-refractivity contribution >= 4 is 28.4 Å². The fourth-order valence-electron chi connectivity index (χ4n) is 3.53. The predicted octanol–water partition coefficient (Wildman–Crippen LogP) is 3.20. The summed E-state index contributed by atoms with van der Waals surface area (Å²) in [5.41, 5.74) is 2.18. The van der Waals surface area contributed by atoms with E-state index in [1.165, 1.54) is 16.4 Å². The number of nitrogens with one attached hydrogen (secondary N) is 1. The van der Waals surface area contributed by atoms with Crippen LogP contribution in [-0.4, -0.2) is 33.2 Å². The predicted molar refractivity (Wildman–Crippen MR) is 117 cm³/mol. The highest BCUT2D eigenvalue weighted by Crippen LogP contribution is 2.32. The number of hydrogen-bond donors (Lipinski definition) is 1. The van der Waals surface area contributed by atoms with Crippen molar-refractivity contribution in [1.82, 2.24) is 10.3 Å². The van der Waals surface area contributed by atoms with Crippen LogP contribution in [0.1, 0.15) is 31.8 Å². The molecule has 9 heteroatoms. The second-order valence-corrected chi connectivity index (χ2v) is 9.02. The van der Waals surface area contributed by atoms with Crippen LogP contribution in [0.3, 0.4) is 0 Å². The molecule has 1 N–H and O–H groups in total. The molecule has 2 aromatic carbocycles. The molecule has 0 bridgehead atoms. The van der Waals surface area contributed by atoms with E-state index in [1.807, 2.05) is 6.07 Å². The normalized spacial score (nSPS) is 17.7. The maximum absolute atomic E-state index is 13.6. The maximum atomic E-state index is 13.6. The fourth-order valence-corrected chi connectivity index (χ4v) is 4.91. The highest BCUT2D eigenvalue weighted by Gasteiger charge is 2.37. The first-order valence-corrected chi connectivity index (χ1v) is 11.0. The SMILES string of the molecule is CN1c2ccc(C(=O)NCc3cccnc3)cc2C(=O)C(Cc2ccc(F)c(F)c2)S1=O. The molecular formula is C23H19F2N3O3S. The molecule has 3 aromatic rings. The molecule has 1 aromatic heterocycles. The van der Waals surface area contributed by atoms with Crippen molar-refractivity contribution in [3.05, 3.63) is 94.8 Å². The molecule has 32 heavy (non-hydrogen) atoms. The van der Waals surface area contributed by atoms with E-state index in [2.05, 4.69) is 10.3 Å². The summed E-state index contributed by atoms with van der Waals surface area (Å²) < 4.78 is 41.2. The molecule has 0 saturated heterocycles. The lowest BCUT2D eigenvalue weighted by Crippen LogP contribution is -2.42. The molecular weight excluding hydrogens is 436 g/mol. The van der Waals surface area contributed by atoms with Crippen LogP contribution in [-0.2, 0) is 24.0 Å². The minimum Gasteiger partial charge on any atom is -0.348 e. The van der Waals surface area contributed by atoms with Gasteiger partial charge in [-0.25, -0.2) is 13.0 Å². The minimum atomic E-state index is -1.71. The molecule has 6 nitrogen and oxygen atoms in total. The van der Waals surface area contributed by atoms with Gasteiger partial charge in [-0.05, 0) is 53.9 Å². The second kappa shape index (κ2) is 8.96. The van der Waals surface area contributed by atoms with Crippen LogP contribution in [0.2, 0.25) is 0 Å². The van der Waals surface area contributed by atoms with Gasteiger partial charge < -0.3 is 5.32 Å². The van der Waals surface area contributed by atoms with E-state index in [-0.39, 0.29) is 30.0 Å². The quantitative estimate of drug-likeness (QED) is 0.641. The number of carbonyl (C=O) groups is 2. The molecule has 1 amide bonds. The smallest absolute Gasteiger partial charge is 0.251 e. The number of Topliss-reactive ketones (excluding diaryl/α,β-unsaturated/α-hetero) is 1. The zero-order valence-corrected chi connectivity index (χ0v) is 17.9. The summed E-state index contributed by atoms with van der Waals surface area (Å²) in [4.78, 5) is 29.8. The maximum Gasteiger partial charge on any atom is 0.251 e. The zero-order chi connectivity index (χ0) is 22.8. The Labute approximate surface area is 185 Å². The summed E-state index contributed by atoms with van der Waals surface area (Å²) in [5.74, 6) is -2.80. The average Bonchev–Trinajstić information content (AvgIpc) is 2.81. The van der Waals surface area contributed by atoms with Gasteiger partial charge in [-0.1, -0.05) is 12.1 Å². The van der Waals surface area contributed by atoms with Crippen LogP contribution < -0.4 is 9.62 Å². The van der Waals surface area contributed by atoms with E-state index in [0.29, 0.717) is 11.3 Å². The van der Waals surface area contributed by atoms with Crippen molar-refractivity contribution in [2.75, 3.05) is 11.4 Å². The highest BCUT2D eigenvalue weighted by molar-refractivity contribution is 7.88. The number of amides is 1. The number of aromatic nitrogens is 1. The Hall–Kier alpha value is -3.46. The van der Waals surface area contributed by atoms with Crippen LogP contribution >= 0.6 is 0 Å². The largest absolute Gasteiger partial charge is 0.348 e. The number of carbonyl (C=O) groups excluding carboxylic acids is 2. The fraction of sp³-hybridized carbons (Fsp3) is 0.174. The van der Waals surface area contributed by atoms with E-state index in [1.54, 1.807) is 37.6 Å². The number of hydrogen-bond acceptors (Lipinski definition) is 4. The van der Waals surface area contributed by atoms with E-state index < -0.39 is 33.7 Å². The van der Waals surface area contributed by atoms with Gasteiger partial charge in [0.05, 0.1) is 5.69 Å². The molecule has 2 unspecified atom stereocenters. The van der Waals surface area contributed by atoms with E-state index in [0.717, 1.165) is 17.7 Å². The van der Waals surface area contributed by atoms with Gasteiger partial charge >= 0.3 is 0 Å². The monoisotopic (exact) mass is 455 g/mol. The van der Waals surface area contributed by atoms with Crippen molar-refractivity contribution in [3.63, 3.8) is 0 Å². The third-order valence-corrected chi connectivity index (χ3v) is 6.85. The molecule has 0 spiro atoms. The number of halogens is 2. The lowest BCUT2D eigenvalue weighted by Gasteiger charge is -2.31. The Morgan fingerprint density at radius 1 is 1.12 bits per heavy atom. The molecule has 2 atom stereocenters. The molecule has 0 radical (unpaired) electrons. The summed E-state index contributed by atoms with van der Waals surface area (Å²) >= 11 is 0. The van der Waals surface area contributed by atoms with Gasteiger partial charge in [0.2, 0.25) is 0 Å². The van der Waals surface area contributed by atoms with Crippen LogP contribution in [0.25, 0.3) is 0 Å². The molecule has 2 heterocycles. The third-order valence-electron chi connectivity index (χ3n) is 5.25. The minimum absolute atomic E-state index is 0.0240. The highest BCUT2D eigenvalue weighted by atomic mass is 32.2. The Balaban J connectivity index is 1.57. The van der Waals surface area contributed by atoms with Crippen molar-refractivity contribution in [2.45, 2.75) is 18.2 Å². The first kappa shape index (κ1) is 21.8. The van der Waals surface area contributed by atoms with Crippen molar-refractivity contribution in [1.29, 1.82) is 0 Å². The lowest BCUT2D eigenvalue weighted by atomic mass is 9.98. The van der Waals surface area contributed by atoms with Gasteiger partial charge in [0.1, 0.15) is 16.2 Å². The van der Waals surface area contributed by atoms with E-state index in [9.17, 15) is 22.6 Å². The number of nitrogens with zero attached hydrogens (tertiary/aromatic N) is 2. The first-order valence-electron chi connectivity index (χ1n) is 9.79. The number of ketones is 1. The summed E-state index contributed by atoms with van der Waals surface area (Å²) in [6.07, 6.45) is 3.26.